The molecule has 0 atom stereocenters. The molecule has 7 nitrogen and oxygen atoms in total. The monoisotopic (exact) mass is 281 g/mol. The zero-order valence-corrected chi connectivity index (χ0v) is 11.5. The summed E-state index contributed by atoms with van der Waals surface area (Å²) in [6.07, 6.45) is 4.15. The lowest BCUT2D eigenvalue weighted by atomic mass is 10.3. The molecule has 0 heterocycles. The Balaban J connectivity index is 3.66. The normalized spacial score (nSPS) is 11.4. The molecule has 0 fully saturated rings. The number of hydrogen-bond acceptors (Lipinski definition) is 7. The van der Waals surface area contributed by atoms with Crippen LogP contribution in [0.25, 0.3) is 0 Å². The summed E-state index contributed by atoms with van der Waals surface area (Å²) in [5.41, 5.74) is 0. The molecule has 0 amide bonds. The Morgan fingerprint density at radius 3 is 1.11 bits per heavy atom. The first kappa shape index (κ1) is 18.7. The summed E-state index contributed by atoms with van der Waals surface area (Å²) in [7, 11) is 0. The van der Waals surface area contributed by atoms with Crippen molar-refractivity contribution in [2.24, 2.45) is 0 Å². The molecule has 0 bridgehead atoms. The average Bonchev–Trinajstić information content (AvgIpc) is 2.43. The van der Waals surface area contributed by atoms with Crippen molar-refractivity contribution in [3.8, 4) is 0 Å². The Hall–Kier alpha value is -0.280. The molecule has 7 heteroatoms. The van der Waals surface area contributed by atoms with Crippen molar-refractivity contribution in [3.05, 3.63) is 0 Å². The van der Waals surface area contributed by atoms with E-state index in [0.717, 1.165) is 5.39 Å². The summed E-state index contributed by atoms with van der Waals surface area (Å²) in [6, 6.07) is 0. The van der Waals surface area contributed by atoms with Crippen LogP contribution in [-0.4, -0.2) is 60.4 Å². The summed E-state index contributed by atoms with van der Waals surface area (Å²) < 4.78 is 0. The van der Waals surface area contributed by atoms with Crippen molar-refractivity contribution in [1.82, 2.24) is 5.39 Å². The molecule has 3 N–H and O–H groups in total. The first-order valence-corrected chi connectivity index (χ1v) is 6.86. The fraction of sp³-hybridized carbons (Fsp3) is 1.00. The van der Waals surface area contributed by atoms with Gasteiger partial charge in [0.05, 0.1) is 25.2 Å². The van der Waals surface area contributed by atoms with Gasteiger partial charge in [-0.25, -0.2) is 0 Å². The smallest absolute Gasteiger partial charge is 0.0766 e. The Morgan fingerprint density at radius 1 is 0.526 bits per heavy atom. The molecule has 19 heavy (non-hydrogen) atoms. The van der Waals surface area contributed by atoms with Gasteiger partial charge in [0.25, 0.3) is 0 Å². The molecular weight excluding hydrogens is 254 g/mol. The second-order valence-electron chi connectivity index (χ2n) is 4.02. The predicted molar refractivity (Wildman–Crippen MR) is 68.7 cm³/mol. The molecule has 0 aromatic heterocycles. The summed E-state index contributed by atoms with van der Waals surface area (Å²) in [5, 5.41) is 27.0. The zero-order valence-electron chi connectivity index (χ0n) is 11.5. The summed E-state index contributed by atoms with van der Waals surface area (Å²) in [4.78, 5) is 15.8. The Labute approximate surface area is 114 Å². The number of aliphatic hydroxyl groups is 3. The van der Waals surface area contributed by atoms with Crippen LogP contribution in [0.2, 0.25) is 0 Å². The lowest BCUT2D eigenvalue weighted by Crippen LogP contribution is -2.27. The Kier molecular flexibility index (Phi) is 15.5. The molecule has 0 spiro atoms. The van der Waals surface area contributed by atoms with E-state index in [1.807, 2.05) is 0 Å². The third-order valence-electron chi connectivity index (χ3n) is 2.25. The van der Waals surface area contributed by atoms with E-state index in [2.05, 4.69) is 0 Å². The SMILES string of the molecule is OCCCCON(OCCCCO)OCCCCO. The van der Waals surface area contributed by atoms with Gasteiger partial charge in [0.2, 0.25) is 0 Å². The molecule has 0 radical (unpaired) electrons. The second kappa shape index (κ2) is 15.8. The minimum atomic E-state index is 0.137. The van der Waals surface area contributed by atoms with Crippen LogP contribution in [0, 0.1) is 0 Å². The van der Waals surface area contributed by atoms with E-state index in [9.17, 15) is 0 Å². The molecule has 0 aliphatic rings. The highest BCUT2D eigenvalue weighted by molar-refractivity contribution is 4.36. The van der Waals surface area contributed by atoms with E-state index in [1.165, 1.54) is 0 Å². The second-order valence-corrected chi connectivity index (χ2v) is 4.02. The molecular formula is C12H27NO6. The maximum atomic E-state index is 8.65. The first-order valence-electron chi connectivity index (χ1n) is 6.86. The molecule has 0 aliphatic heterocycles. The molecule has 0 rings (SSSR count). The average molecular weight is 281 g/mol. The van der Waals surface area contributed by atoms with E-state index >= 15 is 0 Å². The molecule has 0 saturated carbocycles. The lowest BCUT2D eigenvalue weighted by molar-refractivity contribution is -0.526. The minimum Gasteiger partial charge on any atom is -0.396 e. The fourth-order valence-electron chi connectivity index (χ4n) is 1.17. The standard InChI is InChI=1S/C12H27NO6/c14-7-1-4-10-17-13(18-11-5-2-8-15)19-12-6-3-9-16/h14-16H,1-12H2. The van der Waals surface area contributed by atoms with Crippen molar-refractivity contribution in [1.29, 1.82) is 0 Å². The highest BCUT2D eigenvalue weighted by Crippen LogP contribution is 2.01. The largest absolute Gasteiger partial charge is 0.396 e. The van der Waals surface area contributed by atoms with Gasteiger partial charge in [0.15, 0.2) is 0 Å². The fourth-order valence-corrected chi connectivity index (χ4v) is 1.17. The molecule has 0 aromatic carbocycles. The van der Waals surface area contributed by atoms with E-state index in [-0.39, 0.29) is 19.8 Å². The van der Waals surface area contributed by atoms with Crippen LogP contribution >= 0.6 is 0 Å². The van der Waals surface area contributed by atoms with E-state index in [4.69, 9.17) is 29.8 Å². The summed E-state index contributed by atoms with van der Waals surface area (Å²) >= 11 is 0. The van der Waals surface area contributed by atoms with Gasteiger partial charge in [-0.2, -0.15) is 0 Å². The molecule has 0 unspecified atom stereocenters. The van der Waals surface area contributed by atoms with Gasteiger partial charge in [0.1, 0.15) is 0 Å². The predicted octanol–water partition coefficient (Wildman–Crippen LogP) is 0.401. The molecule has 0 aromatic rings. The van der Waals surface area contributed by atoms with E-state index < -0.39 is 0 Å². The van der Waals surface area contributed by atoms with Crippen molar-refractivity contribution in [3.63, 3.8) is 0 Å². The Morgan fingerprint density at radius 2 is 0.842 bits per heavy atom. The van der Waals surface area contributed by atoms with Crippen LogP contribution in [0.4, 0.5) is 0 Å². The van der Waals surface area contributed by atoms with Crippen molar-refractivity contribution < 1.29 is 29.8 Å². The number of aliphatic hydroxyl groups excluding tert-OH is 3. The van der Waals surface area contributed by atoms with E-state index in [0.29, 0.717) is 58.3 Å². The van der Waals surface area contributed by atoms with Gasteiger partial charge in [0, 0.05) is 19.8 Å². The van der Waals surface area contributed by atoms with Crippen LogP contribution in [0.1, 0.15) is 38.5 Å². The third kappa shape index (κ3) is 13.9. The minimum absolute atomic E-state index is 0.137. The third-order valence-corrected chi connectivity index (χ3v) is 2.25. The van der Waals surface area contributed by atoms with Gasteiger partial charge in [-0.15, -0.1) is 0 Å². The van der Waals surface area contributed by atoms with Crippen molar-refractivity contribution in [2.75, 3.05) is 39.6 Å². The van der Waals surface area contributed by atoms with Gasteiger partial charge in [-0.3, -0.25) is 14.5 Å². The van der Waals surface area contributed by atoms with Gasteiger partial charge < -0.3 is 15.3 Å². The van der Waals surface area contributed by atoms with Crippen LogP contribution < -0.4 is 0 Å². The number of unbranched alkanes of at least 4 members (excludes halogenated alkanes) is 3. The van der Waals surface area contributed by atoms with Crippen LogP contribution in [0.5, 0.6) is 0 Å². The highest BCUT2D eigenvalue weighted by Gasteiger charge is 2.07. The van der Waals surface area contributed by atoms with E-state index in [1.54, 1.807) is 0 Å². The van der Waals surface area contributed by atoms with Gasteiger partial charge in [-0.05, 0) is 38.5 Å². The van der Waals surface area contributed by atoms with Crippen molar-refractivity contribution >= 4 is 0 Å². The van der Waals surface area contributed by atoms with Crippen LogP contribution in [0.15, 0.2) is 0 Å². The van der Waals surface area contributed by atoms with Gasteiger partial charge >= 0.3 is 0 Å². The van der Waals surface area contributed by atoms with Crippen LogP contribution in [-0.2, 0) is 14.5 Å². The maximum absolute atomic E-state index is 8.65. The summed E-state index contributed by atoms with van der Waals surface area (Å²) in [6.45, 7) is 1.62. The van der Waals surface area contributed by atoms with Crippen molar-refractivity contribution in [2.45, 2.75) is 38.5 Å². The number of rotatable bonds is 15. The molecule has 116 valence electrons. The van der Waals surface area contributed by atoms with Crippen LogP contribution in [0.3, 0.4) is 0 Å². The summed E-state index contributed by atoms with van der Waals surface area (Å²) in [5.74, 6) is 0. The van der Waals surface area contributed by atoms with Gasteiger partial charge in [-0.1, -0.05) is 0 Å². The zero-order chi connectivity index (χ0) is 14.2. The highest BCUT2D eigenvalue weighted by atomic mass is 17.2. The number of hydrogen-bond donors (Lipinski definition) is 3. The lowest BCUT2D eigenvalue weighted by Gasteiger charge is -2.19. The topological polar surface area (TPSA) is 91.6 Å². The first-order chi connectivity index (χ1) is 9.35. The number of nitrogens with zero attached hydrogens (tertiary/aromatic N) is 1. The quantitative estimate of drug-likeness (QED) is 0.295. The molecule has 0 saturated heterocycles. The molecule has 0 aliphatic carbocycles. The maximum Gasteiger partial charge on any atom is 0.0766 e. The Bertz CT molecular complexity index is 144.